The van der Waals surface area contributed by atoms with E-state index in [0.29, 0.717) is 16.6 Å². The number of fused-ring (bicyclic) bond motifs is 1. The van der Waals surface area contributed by atoms with Gasteiger partial charge in [0.05, 0.1) is 11.9 Å². The maximum Gasteiger partial charge on any atom is 0.235 e. The molecule has 7 heteroatoms. The molecule has 0 bridgehead atoms. The molecule has 2 N–H and O–H groups in total. The Kier molecular flexibility index (Phi) is 4.87. The van der Waals surface area contributed by atoms with E-state index in [2.05, 4.69) is 9.71 Å². The van der Waals surface area contributed by atoms with E-state index in [-0.39, 0.29) is 11.2 Å². The highest BCUT2D eigenvalue weighted by Gasteiger charge is 2.15. The van der Waals surface area contributed by atoms with E-state index < -0.39 is 16.1 Å². The quantitative estimate of drug-likeness (QED) is 0.849. The predicted molar refractivity (Wildman–Crippen MR) is 87.8 cm³/mol. The van der Waals surface area contributed by atoms with E-state index in [9.17, 15) is 13.2 Å². The van der Waals surface area contributed by atoms with E-state index in [1.807, 2.05) is 6.92 Å². The van der Waals surface area contributed by atoms with Crippen molar-refractivity contribution in [2.24, 2.45) is 0 Å². The van der Waals surface area contributed by atoms with Crippen molar-refractivity contribution >= 4 is 26.6 Å². The summed E-state index contributed by atoms with van der Waals surface area (Å²) in [4.78, 5) is 15.2. The Hall–Kier alpha value is -1.86. The van der Waals surface area contributed by atoms with Crippen LogP contribution >= 0.6 is 0 Å². The summed E-state index contributed by atoms with van der Waals surface area (Å²) in [5.74, 6) is -0.146. The van der Waals surface area contributed by atoms with Crippen LogP contribution in [0.3, 0.4) is 0 Å². The second kappa shape index (κ2) is 6.50. The predicted octanol–water partition coefficient (Wildman–Crippen LogP) is 1.87. The maximum atomic E-state index is 12.1. The highest BCUT2D eigenvalue weighted by atomic mass is 32.2. The van der Waals surface area contributed by atoms with E-state index in [1.165, 1.54) is 13.2 Å². The highest BCUT2D eigenvalue weighted by molar-refractivity contribution is 7.92. The van der Waals surface area contributed by atoms with Crippen LogP contribution in [0.4, 0.5) is 5.69 Å². The Balaban J connectivity index is 2.34. The third-order valence-corrected chi connectivity index (χ3v) is 4.85. The van der Waals surface area contributed by atoms with Crippen LogP contribution in [0.2, 0.25) is 0 Å². The Morgan fingerprint density at radius 1 is 1.32 bits per heavy atom. The zero-order chi connectivity index (χ0) is 16.3. The molecule has 22 heavy (non-hydrogen) atoms. The van der Waals surface area contributed by atoms with Gasteiger partial charge in [0, 0.05) is 35.5 Å². The second-order valence-corrected chi connectivity index (χ2v) is 6.97. The fourth-order valence-corrected chi connectivity index (χ4v) is 3.48. The molecule has 2 rings (SSSR count). The van der Waals surface area contributed by atoms with Gasteiger partial charge in [0.2, 0.25) is 10.0 Å². The molecule has 1 heterocycles. The van der Waals surface area contributed by atoms with Gasteiger partial charge in [0.25, 0.3) is 0 Å². The van der Waals surface area contributed by atoms with Crippen molar-refractivity contribution in [3.05, 3.63) is 40.2 Å². The number of anilines is 1. The summed E-state index contributed by atoms with van der Waals surface area (Å²) in [5, 5.41) is 0.456. The van der Waals surface area contributed by atoms with Crippen LogP contribution < -0.4 is 10.2 Å². The van der Waals surface area contributed by atoms with E-state index in [4.69, 9.17) is 4.74 Å². The van der Waals surface area contributed by atoms with Gasteiger partial charge in [0.1, 0.15) is 0 Å². The number of H-pyrrole nitrogens is 1. The summed E-state index contributed by atoms with van der Waals surface area (Å²) in [6, 6.07) is 6.41. The largest absolute Gasteiger partial charge is 0.381 e. The van der Waals surface area contributed by atoms with Gasteiger partial charge in [-0.05, 0) is 31.5 Å². The molecule has 0 saturated carbocycles. The highest BCUT2D eigenvalue weighted by Crippen LogP contribution is 2.17. The third-order valence-electron chi connectivity index (χ3n) is 3.40. The Morgan fingerprint density at radius 3 is 2.68 bits per heavy atom. The third kappa shape index (κ3) is 3.86. The first-order chi connectivity index (χ1) is 10.3. The fraction of sp³-hybridized carbons (Fsp3) is 0.400. The average molecular weight is 324 g/mol. The average Bonchev–Trinajstić information content (AvgIpc) is 2.46. The number of benzene rings is 1. The minimum absolute atomic E-state index is 0.128. The van der Waals surface area contributed by atoms with Gasteiger partial charge in [0.15, 0.2) is 5.43 Å². The molecule has 0 amide bonds. The number of aromatic amines is 1. The molecule has 120 valence electrons. The van der Waals surface area contributed by atoms with E-state index >= 15 is 0 Å². The summed E-state index contributed by atoms with van der Waals surface area (Å²) in [5.41, 5.74) is 1.78. The minimum Gasteiger partial charge on any atom is -0.381 e. The van der Waals surface area contributed by atoms with E-state index in [1.54, 1.807) is 25.1 Å². The first-order valence-corrected chi connectivity index (χ1v) is 8.69. The summed E-state index contributed by atoms with van der Waals surface area (Å²) in [6.07, 6.45) is 0.322. The molecule has 2 aromatic rings. The molecule has 1 aromatic heterocycles. The maximum absolute atomic E-state index is 12.1. The standard InChI is InChI=1S/C15H20N2O4S/c1-4-11-8-15(18)13-7-12(5-6-14(13)16-11)17-22(19,20)9-10(2)21-3/h5-8,10,17H,4,9H2,1-3H3,(H,16,18). The molecular formula is C15H20N2O4S. The monoisotopic (exact) mass is 324 g/mol. The van der Waals surface area contributed by atoms with Crippen molar-refractivity contribution in [2.45, 2.75) is 26.4 Å². The van der Waals surface area contributed by atoms with Gasteiger partial charge < -0.3 is 9.72 Å². The number of nitrogens with one attached hydrogen (secondary N) is 2. The molecule has 0 aliphatic carbocycles. The van der Waals surface area contributed by atoms with Crippen LogP contribution in [-0.4, -0.2) is 32.4 Å². The van der Waals surface area contributed by atoms with Crippen molar-refractivity contribution in [3.63, 3.8) is 0 Å². The van der Waals surface area contributed by atoms with E-state index in [0.717, 1.165) is 12.1 Å². The van der Waals surface area contributed by atoms with Crippen molar-refractivity contribution in [1.29, 1.82) is 0 Å². The molecule has 0 aliphatic heterocycles. The molecule has 1 unspecified atom stereocenters. The topological polar surface area (TPSA) is 88.3 Å². The van der Waals surface area contributed by atoms with Gasteiger partial charge in [-0.1, -0.05) is 6.92 Å². The number of hydrogen-bond acceptors (Lipinski definition) is 4. The summed E-state index contributed by atoms with van der Waals surface area (Å²) in [7, 11) is -2.07. The number of hydrogen-bond donors (Lipinski definition) is 2. The summed E-state index contributed by atoms with van der Waals surface area (Å²) in [6.45, 7) is 3.63. The van der Waals surface area contributed by atoms with Crippen LogP contribution in [0, 0.1) is 0 Å². The van der Waals surface area contributed by atoms with Gasteiger partial charge in [-0.25, -0.2) is 8.42 Å². The zero-order valence-electron chi connectivity index (χ0n) is 12.8. The Labute approximate surface area is 129 Å². The molecular weight excluding hydrogens is 304 g/mol. The minimum atomic E-state index is -3.53. The molecule has 1 aromatic carbocycles. The number of ether oxygens (including phenoxy) is 1. The normalized spacial score (nSPS) is 13.2. The number of rotatable bonds is 6. The van der Waals surface area contributed by atoms with Crippen molar-refractivity contribution < 1.29 is 13.2 Å². The molecule has 0 saturated heterocycles. The van der Waals surface area contributed by atoms with Gasteiger partial charge in [-0.15, -0.1) is 0 Å². The van der Waals surface area contributed by atoms with Crippen LogP contribution in [0.1, 0.15) is 19.5 Å². The van der Waals surface area contributed by atoms with Crippen molar-refractivity contribution in [1.82, 2.24) is 4.98 Å². The number of pyridine rings is 1. The van der Waals surface area contributed by atoms with Crippen molar-refractivity contribution in [2.75, 3.05) is 17.6 Å². The lowest BCUT2D eigenvalue weighted by molar-refractivity contribution is 0.136. The zero-order valence-corrected chi connectivity index (χ0v) is 13.7. The number of aromatic nitrogens is 1. The second-order valence-electron chi connectivity index (χ2n) is 5.20. The molecule has 6 nitrogen and oxygen atoms in total. The van der Waals surface area contributed by atoms with Crippen LogP contribution in [0.15, 0.2) is 29.1 Å². The first kappa shape index (κ1) is 16.5. The van der Waals surface area contributed by atoms with Crippen LogP contribution in [0.25, 0.3) is 10.9 Å². The summed E-state index contributed by atoms with van der Waals surface area (Å²) < 4.78 is 31.5. The lowest BCUT2D eigenvalue weighted by Gasteiger charge is -2.12. The molecule has 0 spiro atoms. The fourth-order valence-electron chi connectivity index (χ4n) is 2.15. The lowest BCUT2D eigenvalue weighted by Crippen LogP contribution is -2.25. The Bertz CT molecular complexity index is 827. The molecule has 0 aliphatic rings. The molecule has 0 fully saturated rings. The van der Waals surface area contributed by atoms with Gasteiger partial charge in [-0.3, -0.25) is 9.52 Å². The SMILES string of the molecule is CCc1cc(=O)c2cc(NS(=O)(=O)CC(C)OC)ccc2[nH]1. The lowest BCUT2D eigenvalue weighted by atomic mass is 10.1. The number of sulfonamides is 1. The van der Waals surface area contributed by atoms with Crippen LogP contribution in [-0.2, 0) is 21.2 Å². The van der Waals surface area contributed by atoms with Crippen LogP contribution in [0.5, 0.6) is 0 Å². The number of aryl methyl sites for hydroxylation is 1. The number of methoxy groups -OCH3 is 1. The van der Waals surface area contributed by atoms with Gasteiger partial charge in [-0.2, -0.15) is 0 Å². The first-order valence-electron chi connectivity index (χ1n) is 7.04. The molecule has 0 radical (unpaired) electrons. The van der Waals surface area contributed by atoms with Gasteiger partial charge >= 0.3 is 0 Å². The smallest absolute Gasteiger partial charge is 0.235 e. The van der Waals surface area contributed by atoms with Crippen molar-refractivity contribution in [3.8, 4) is 0 Å². The Morgan fingerprint density at radius 2 is 2.05 bits per heavy atom. The molecule has 1 atom stereocenters. The summed E-state index contributed by atoms with van der Waals surface area (Å²) >= 11 is 0.